The summed E-state index contributed by atoms with van der Waals surface area (Å²) in [4.78, 5) is 26.0. The van der Waals surface area contributed by atoms with Gasteiger partial charge in [-0.05, 0) is 44.9 Å². The first kappa shape index (κ1) is 56.3. The highest BCUT2D eigenvalue weighted by Gasteiger charge is 2.23. The number of hydrogen-bond acceptors (Lipinski definition) is 5. The van der Waals surface area contributed by atoms with Crippen molar-refractivity contribution in [2.24, 2.45) is 0 Å². The van der Waals surface area contributed by atoms with Crippen LogP contribution in [0.25, 0.3) is 0 Å². The molecule has 3 unspecified atom stereocenters. The van der Waals surface area contributed by atoms with Gasteiger partial charge in [0.25, 0.3) is 0 Å². The number of carbonyl (C=O) groups is 2. The fourth-order valence-electron chi connectivity index (χ4n) is 7.15. The fourth-order valence-corrected chi connectivity index (χ4v) is 7.15. The summed E-state index contributed by atoms with van der Waals surface area (Å²) in [5.41, 5.74) is 0. The van der Waals surface area contributed by atoms with Crippen LogP contribution in [-0.4, -0.2) is 46.9 Å². The maximum atomic E-state index is 13.1. The maximum Gasteiger partial charge on any atom is 0.306 e. The van der Waals surface area contributed by atoms with Crippen molar-refractivity contribution in [1.29, 1.82) is 0 Å². The van der Waals surface area contributed by atoms with Crippen molar-refractivity contribution in [3.63, 3.8) is 0 Å². The number of aliphatic hydroxyl groups is 2. The smallest absolute Gasteiger partial charge is 0.306 e. The van der Waals surface area contributed by atoms with Gasteiger partial charge in [0.1, 0.15) is 6.10 Å². The standard InChI is InChI=1S/C53H93NO5/c1-4-7-10-13-16-19-22-24-26-28-31-34-37-40-43-46-53(58)59-49(44-41-38-35-32-29-21-18-15-12-9-6-3)47-52(57)54-50(48-55)51(56)45-42-39-36-33-30-27-25-23-20-17-14-11-8-5-2/h9,12,15,18-19,21-22,29,32,35,38,41,49-51,55-56H,4-8,10-11,13-14,16-17,20,23-28,30-31,33-34,36-37,39-40,42-48H2,1-3H3,(H,54,57)/b12-9+,18-15+,22-19-,29-21-,35-32-,41-38+. The van der Waals surface area contributed by atoms with Gasteiger partial charge in [-0.2, -0.15) is 0 Å². The van der Waals surface area contributed by atoms with Gasteiger partial charge in [0.2, 0.25) is 5.91 Å². The lowest BCUT2D eigenvalue weighted by Crippen LogP contribution is -2.46. The molecule has 0 heterocycles. The van der Waals surface area contributed by atoms with E-state index in [0.29, 0.717) is 19.3 Å². The molecule has 340 valence electrons. The summed E-state index contributed by atoms with van der Waals surface area (Å²) in [6.07, 6.45) is 58.4. The molecule has 0 fully saturated rings. The second-order valence-corrected chi connectivity index (χ2v) is 16.6. The van der Waals surface area contributed by atoms with Gasteiger partial charge >= 0.3 is 5.97 Å². The number of ether oxygens (including phenoxy) is 1. The molecule has 59 heavy (non-hydrogen) atoms. The summed E-state index contributed by atoms with van der Waals surface area (Å²) in [6.45, 7) is 6.28. The zero-order valence-electron chi connectivity index (χ0n) is 38.6. The van der Waals surface area contributed by atoms with Crippen molar-refractivity contribution in [2.75, 3.05) is 6.61 Å². The molecule has 0 aromatic heterocycles. The minimum absolute atomic E-state index is 0.0219. The molecule has 0 radical (unpaired) electrons. The Morgan fingerprint density at radius 2 is 0.949 bits per heavy atom. The molecule has 0 rings (SSSR count). The molecule has 0 bridgehead atoms. The number of carbonyl (C=O) groups excluding carboxylic acids is 2. The van der Waals surface area contributed by atoms with Crippen LogP contribution in [0.2, 0.25) is 0 Å². The Bertz CT molecular complexity index is 1110. The van der Waals surface area contributed by atoms with E-state index in [1.165, 1.54) is 135 Å². The minimum Gasteiger partial charge on any atom is -0.461 e. The molecule has 3 N–H and O–H groups in total. The number of esters is 1. The summed E-state index contributed by atoms with van der Waals surface area (Å²) >= 11 is 0. The third-order valence-corrected chi connectivity index (χ3v) is 10.9. The lowest BCUT2D eigenvalue weighted by atomic mass is 10.0. The Morgan fingerprint density at radius 3 is 1.44 bits per heavy atom. The normalized spacial score (nSPS) is 13.9. The summed E-state index contributed by atoms with van der Waals surface area (Å²) in [7, 11) is 0. The number of rotatable bonds is 43. The van der Waals surface area contributed by atoms with Crippen molar-refractivity contribution >= 4 is 11.9 Å². The topological polar surface area (TPSA) is 95.9 Å². The Kier molecular flexibility index (Phi) is 44.2. The van der Waals surface area contributed by atoms with Crippen LogP contribution >= 0.6 is 0 Å². The molecular formula is C53H93NO5. The summed E-state index contributed by atoms with van der Waals surface area (Å²) < 4.78 is 5.83. The van der Waals surface area contributed by atoms with Crippen molar-refractivity contribution < 1.29 is 24.5 Å². The SMILES string of the molecule is CC/C=C/C=C/C=C\C=C/C=C/CC(CC(=O)NC(CO)C(O)CCCCCCCCCCCCCCCC)OC(=O)CCCCCCCCC/C=C\CCCCCC. The van der Waals surface area contributed by atoms with Gasteiger partial charge in [-0.3, -0.25) is 9.59 Å². The van der Waals surface area contributed by atoms with Gasteiger partial charge in [-0.15, -0.1) is 0 Å². The first-order valence-electron chi connectivity index (χ1n) is 24.7. The lowest BCUT2D eigenvalue weighted by Gasteiger charge is -2.24. The highest BCUT2D eigenvalue weighted by atomic mass is 16.5. The average Bonchev–Trinajstić information content (AvgIpc) is 3.23. The van der Waals surface area contributed by atoms with Crippen molar-refractivity contribution in [1.82, 2.24) is 5.32 Å². The molecule has 0 aromatic carbocycles. The Labute approximate surface area is 364 Å². The van der Waals surface area contributed by atoms with Crippen molar-refractivity contribution in [3.8, 4) is 0 Å². The van der Waals surface area contributed by atoms with Gasteiger partial charge in [0.15, 0.2) is 0 Å². The minimum atomic E-state index is -0.820. The van der Waals surface area contributed by atoms with Gasteiger partial charge in [0.05, 0.1) is 25.2 Å². The largest absolute Gasteiger partial charge is 0.461 e. The van der Waals surface area contributed by atoms with E-state index in [4.69, 9.17) is 4.74 Å². The molecule has 0 aromatic rings. The van der Waals surface area contributed by atoms with E-state index in [1.54, 1.807) is 0 Å². The van der Waals surface area contributed by atoms with E-state index < -0.39 is 18.2 Å². The second-order valence-electron chi connectivity index (χ2n) is 16.6. The first-order chi connectivity index (χ1) is 29.0. The van der Waals surface area contributed by atoms with Crippen LogP contribution < -0.4 is 5.32 Å². The van der Waals surface area contributed by atoms with Gasteiger partial charge in [0, 0.05) is 12.8 Å². The third kappa shape index (κ3) is 41.8. The Morgan fingerprint density at radius 1 is 0.525 bits per heavy atom. The molecule has 0 saturated heterocycles. The van der Waals surface area contributed by atoms with Gasteiger partial charge in [-0.1, -0.05) is 235 Å². The number of nitrogens with one attached hydrogen (secondary N) is 1. The predicted octanol–water partition coefficient (Wildman–Crippen LogP) is 14.6. The second kappa shape index (κ2) is 46.4. The van der Waals surface area contributed by atoms with E-state index >= 15 is 0 Å². The van der Waals surface area contributed by atoms with Gasteiger partial charge < -0.3 is 20.3 Å². The molecule has 0 aliphatic heterocycles. The fraction of sp³-hybridized carbons (Fsp3) is 0.736. The van der Waals surface area contributed by atoms with Crippen LogP contribution in [0.1, 0.15) is 226 Å². The lowest BCUT2D eigenvalue weighted by molar-refractivity contribution is -0.150. The summed E-state index contributed by atoms with van der Waals surface area (Å²) in [5.74, 6) is -0.614. The van der Waals surface area contributed by atoms with Crippen LogP contribution in [0.4, 0.5) is 0 Å². The molecule has 6 nitrogen and oxygen atoms in total. The van der Waals surface area contributed by atoms with E-state index in [1.807, 2.05) is 54.7 Å². The Hall–Kier alpha value is -2.70. The third-order valence-electron chi connectivity index (χ3n) is 10.9. The average molecular weight is 824 g/mol. The quantitative estimate of drug-likeness (QED) is 0.0246. The van der Waals surface area contributed by atoms with Crippen LogP contribution in [0.5, 0.6) is 0 Å². The number of hydrogen-bond donors (Lipinski definition) is 3. The van der Waals surface area contributed by atoms with Crippen LogP contribution in [0, 0.1) is 0 Å². The number of allylic oxidation sites excluding steroid dienone is 11. The monoisotopic (exact) mass is 824 g/mol. The molecular weight excluding hydrogens is 731 g/mol. The predicted molar refractivity (Wildman–Crippen MR) is 255 cm³/mol. The van der Waals surface area contributed by atoms with E-state index in [2.05, 4.69) is 44.3 Å². The van der Waals surface area contributed by atoms with E-state index in [0.717, 1.165) is 44.9 Å². The molecule has 0 aliphatic rings. The van der Waals surface area contributed by atoms with E-state index in [-0.39, 0.29) is 24.9 Å². The van der Waals surface area contributed by atoms with Gasteiger partial charge in [-0.25, -0.2) is 0 Å². The highest BCUT2D eigenvalue weighted by Crippen LogP contribution is 2.16. The van der Waals surface area contributed by atoms with Crippen LogP contribution in [0.3, 0.4) is 0 Å². The van der Waals surface area contributed by atoms with Crippen molar-refractivity contribution in [3.05, 3.63) is 72.9 Å². The summed E-state index contributed by atoms with van der Waals surface area (Å²) in [5, 5.41) is 23.7. The zero-order chi connectivity index (χ0) is 43.1. The maximum absolute atomic E-state index is 13.1. The van der Waals surface area contributed by atoms with Crippen LogP contribution in [0.15, 0.2) is 72.9 Å². The molecule has 0 saturated carbocycles. The molecule has 0 aliphatic carbocycles. The van der Waals surface area contributed by atoms with Crippen LogP contribution in [-0.2, 0) is 14.3 Å². The highest BCUT2D eigenvalue weighted by molar-refractivity contribution is 5.77. The number of aliphatic hydroxyl groups excluding tert-OH is 2. The summed E-state index contributed by atoms with van der Waals surface area (Å²) in [6, 6.07) is -0.741. The van der Waals surface area contributed by atoms with E-state index in [9.17, 15) is 19.8 Å². The first-order valence-corrected chi connectivity index (χ1v) is 24.7. The molecule has 0 spiro atoms. The zero-order valence-corrected chi connectivity index (χ0v) is 38.6. The molecule has 6 heteroatoms. The van der Waals surface area contributed by atoms with Crippen molar-refractivity contribution in [2.45, 2.75) is 244 Å². The Balaban J connectivity index is 4.65. The molecule has 1 amide bonds. The molecule has 3 atom stereocenters. The number of unbranched alkanes of at least 4 members (excludes halogenated alkanes) is 24. The number of amides is 1.